The molecule has 1 aromatic carbocycles. The van der Waals surface area contributed by atoms with Gasteiger partial charge in [-0.3, -0.25) is 0 Å². The van der Waals surface area contributed by atoms with E-state index in [1.807, 2.05) is 13.8 Å². The fourth-order valence-corrected chi connectivity index (χ4v) is 2.43. The summed E-state index contributed by atoms with van der Waals surface area (Å²) in [6, 6.07) is 6.82. The molecule has 2 unspecified atom stereocenters. The largest absolute Gasteiger partial charge is 0.460 e. The van der Waals surface area contributed by atoms with Gasteiger partial charge in [-0.1, -0.05) is 50.6 Å². The van der Waals surface area contributed by atoms with E-state index in [4.69, 9.17) is 4.74 Å². The van der Waals surface area contributed by atoms with Crippen molar-refractivity contribution in [1.29, 1.82) is 0 Å². The number of hydrogen-bond acceptors (Lipinski definition) is 3. The molecule has 3 nitrogen and oxygen atoms in total. The van der Waals surface area contributed by atoms with E-state index in [1.165, 1.54) is 24.3 Å². The highest BCUT2D eigenvalue weighted by molar-refractivity contribution is 5.82. The van der Waals surface area contributed by atoms with Crippen molar-refractivity contribution in [3.63, 3.8) is 0 Å². The monoisotopic (exact) mass is 332 g/mol. The zero-order valence-electron chi connectivity index (χ0n) is 13.8. The maximum Gasteiger partial charge on any atom is 0.432 e. The Kier molecular flexibility index (Phi) is 6.62. The summed E-state index contributed by atoms with van der Waals surface area (Å²) >= 11 is 0. The van der Waals surface area contributed by atoms with Gasteiger partial charge in [0.1, 0.15) is 0 Å². The summed E-state index contributed by atoms with van der Waals surface area (Å²) in [5.41, 5.74) is -3.41. The molecule has 0 saturated carbocycles. The van der Waals surface area contributed by atoms with E-state index in [0.717, 1.165) is 13.5 Å². The van der Waals surface area contributed by atoms with E-state index in [9.17, 15) is 18.0 Å². The van der Waals surface area contributed by atoms with Crippen LogP contribution in [0.2, 0.25) is 0 Å². The molecule has 0 bridgehead atoms. The van der Waals surface area contributed by atoms with Gasteiger partial charge in [0.2, 0.25) is 0 Å². The Hall–Kier alpha value is -1.56. The summed E-state index contributed by atoms with van der Waals surface area (Å²) in [5.74, 6) is -1.19. The highest BCUT2D eigenvalue weighted by atomic mass is 19.4. The van der Waals surface area contributed by atoms with Gasteiger partial charge in [-0.2, -0.15) is 13.2 Å². The molecule has 6 heteroatoms. The van der Waals surface area contributed by atoms with Gasteiger partial charge < -0.3 is 9.47 Å². The van der Waals surface area contributed by atoms with E-state index < -0.39 is 23.9 Å². The number of hydrogen-bond donors (Lipinski definition) is 0. The van der Waals surface area contributed by atoms with Crippen LogP contribution in [-0.2, 0) is 19.9 Å². The first-order valence-electron chi connectivity index (χ1n) is 7.57. The van der Waals surface area contributed by atoms with Crippen molar-refractivity contribution in [1.82, 2.24) is 0 Å². The fourth-order valence-electron chi connectivity index (χ4n) is 2.43. The lowest BCUT2D eigenvalue weighted by atomic mass is 9.92. The number of ether oxygens (including phenoxy) is 2. The highest BCUT2D eigenvalue weighted by Crippen LogP contribution is 2.43. The maximum atomic E-state index is 13.7. The Labute approximate surface area is 134 Å². The molecule has 3 atom stereocenters. The van der Waals surface area contributed by atoms with E-state index in [2.05, 4.69) is 4.74 Å². The van der Waals surface area contributed by atoms with Gasteiger partial charge in [0.25, 0.3) is 5.60 Å². The van der Waals surface area contributed by atoms with Crippen LogP contribution in [-0.4, -0.2) is 25.4 Å². The summed E-state index contributed by atoms with van der Waals surface area (Å²) in [7, 11) is 0.862. The molecule has 0 saturated heterocycles. The van der Waals surface area contributed by atoms with Crippen molar-refractivity contribution in [3.8, 4) is 0 Å². The first-order valence-corrected chi connectivity index (χ1v) is 7.57. The van der Waals surface area contributed by atoms with Crippen molar-refractivity contribution in [3.05, 3.63) is 35.9 Å². The van der Waals surface area contributed by atoms with Gasteiger partial charge in [0, 0.05) is 12.7 Å². The van der Waals surface area contributed by atoms with Crippen molar-refractivity contribution in [2.75, 3.05) is 7.11 Å². The molecule has 0 aromatic heterocycles. The number of rotatable bonds is 7. The van der Waals surface area contributed by atoms with Crippen molar-refractivity contribution < 1.29 is 27.4 Å². The molecule has 130 valence electrons. The van der Waals surface area contributed by atoms with Gasteiger partial charge in [-0.25, -0.2) is 4.79 Å². The quantitative estimate of drug-likeness (QED) is 0.692. The summed E-state index contributed by atoms with van der Waals surface area (Å²) in [5, 5.41) is 0. The van der Waals surface area contributed by atoms with Crippen LogP contribution in [0.1, 0.15) is 39.2 Å². The van der Waals surface area contributed by atoms with E-state index in [0.29, 0.717) is 6.42 Å². The Morgan fingerprint density at radius 2 is 1.74 bits per heavy atom. The van der Waals surface area contributed by atoms with Crippen LogP contribution in [0.4, 0.5) is 13.2 Å². The number of carbonyl (C=O) groups is 1. The van der Waals surface area contributed by atoms with Crippen LogP contribution in [0.5, 0.6) is 0 Å². The molecule has 0 aliphatic heterocycles. The normalized spacial score (nSPS) is 17.2. The van der Waals surface area contributed by atoms with Crippen LogP contribution < -0.4 is 0 Å². The minimum absolute atomic E-state index is 0.248. The standard InChI is InChI=1S/C17H23F3O3/c1-5-12(2)11-13(3)23-15(21)16(22-4,17(18,19)20)14-9-7-6-8-10-14/h6-10,12-13H,5,11H2,1-4H3/t12?,13-,16?/m1/s1. The molecule has 0 spiro atoms. The summed E-state index contributed by atoms with van der Waals surface area (Å²) in [4.78, 5) is 12.4. The lowest BCUT2D eigenvalue weighted by molar-refractivity contribution is -0.278. The second-order valence-corrected chi connectivity index (χ2v) is 5.71. The molecule has 0 N–H and O–H groups in total. The topological polar surface area (TPSA) is 35.5 Å². The molecule has 0 heterocycles. The van der Waals surface area contributed by atoms with Crippen LogP contribution in [0.15, 0.2) is 30.3 Å². The van der Waals surface area contributed by atoms with Gasteiger partial charge in [0.15, 0.2) is 0 Å². The van der Waals surface area contributed by atoms with Gasteiger partial charge >= 0.3 is 12.1 Å². The van der Waals surface area contributed by atoms with Crippen LogP contribution in [0, 0.1) is 5.92 Å². The lowest BCUT2D eigenvalue weighted by Gasteiger charge is -2.33. The Morgan fingerprint density at radius 3 is 2.17 bits per heavy atom. The molecule has 0 aliphatic carbocycles. The Bertz CT molecular complexity index is 502. The molecule has 0 aliphatic rings. The van der Waals surface area contributed by atoms with Gasteiger partial charge in [0.05, 0.1) is 6.10 Å². The number of carbonyl (C=O) groups excluding carboxylic acids is 1. The molecule has 1 rings (SSSR count). The average Bonchev–Trinajstić information content (AvgIpc) is 2.47. The first-order chi connectivity index (χ1) is 10.7. The third-order valence-corrected chi connectivity index (χ3v) is 3.91. The van der Waals surface area contributed by atoms with E-state index in [1.54, 1.807) is 13.0 Å². The number of benzene rings is 1. The number of alkyl halides is 3. The number of esters is 1. The van der Waals surface area contributed by atoms with Crippen LogP contribution in [0.3, 0.4) is 0 Å². The molecular formula is C17H23F3O3. The number of halogens is 3. The van der Waals surface area contributed by atoms with Crippen molar-refractivity contribution in [2.24, 2.45) is 5.92 Å². The summed E-state index contributed by atoms with van der Waals surface area (Å²) in [6.07, 6.45) is -4.21. The third kappa shape index (κ3) is 4.25. The van der Waals surface area contributed by atoms with Gasteiger partial charge in [-0.05, 0) is 19.3 Å². The maximum absolute atomic E-state index is 13.7. The fraction of sp³-hybridized carbons (Fsp3) is 0.588. The number of methoxy groups -OCH3 is 1. The Morgan fingerprint density at radius 1 is 1.17 bits per heavy atom. The molecule has 1 aromatic rings. The Balaban J connectivity index is 3.13. The second kappa shape index (κ2) is 7.81. The SMILES string of the molecule is CCC(C)C[C@@H](C)OC(=O)C(OC)(c1ccccc1)C(F)(F)F. The van der Waals surface area contributed by atoms with Crippen molar-refractivity contribution >= 4 is 5.97 Å². The smallest absolute Gasteiger partial charge is 0.432 e. The van der Waals surface area contributed by atoms with Crippen molar-refractivity contribution in [2.45, 2.75) is 51.5 Å². The minimum Gasteiger partial charge on any atom is -0.460 e. The van der Waals surface area contributed by atoms with E-state index in [-0.39, 0.29) is 11.5 Å². The summed E-state index contributed by atoms with van der Waals surface area (Å²) in [6.45, 7) is 5.51. The van der Waals surface area contributed by atoms with Crippen LogP contribution in [0.25, 0.3) is 0 Å². The molecule has 0 radical (unpaired) electrons. The minimum atomic E-state index is -4.93. The second-order valence-electron chi connectivity index (χ2n) is 5.71. The molecule has 0 fully saturated rings. The van der Waals surface area contributed by atoms with Gasteiger partial charge in [-0.15, -0.1) is 0 Å². The predicted molar refractivity (Wildman–Crippen MR) is 80.8 cm³/mol. The molecular weight excluding hydrogens is 309 g/mol. The zero-order chi connectivity index (χ0) is 17.7. The highest BCUT2D eigenvalue weighted by Gasteiger charge is 2.64. The molecule has 0 amide bonds. The third-order valence-electron chi connectivity index (χ3n) is 3.91. The lowest BCUT2D eigenvalue weighted by Crippen LogP contribution is -2.52. The predicted octanol–water partition coefficient (Wildman–Crippen LogP) is 4.46. The zero-order valence-corrected chi connectivity index (χ0v) is 13.8. The van der Waals surface area contributed by atoms with E-state index >= 15 is 0 Å². The summed E-state index contributed by atoms with van der Waals surface area (Å²) < 4.78 is 50.8. The first kappa shape index (κ1) is 19.5. The van der Waals surface area contributed by atoms with Crippen LogP contribution >= 0.6 is 0 Å². The average molecular weight is 332 g/mol. The molecule has 23 heavy (non-hydrogen) atoms.